The van der Waals surface area contributed by atoms with Gasteiger partial charge in [0.25, 0.3) is 0 Å². The van der Waals surface area contributed by atoms with Gasteiger partial charge in [0.15, 0.2) is 0 Å². The number of carbonyl (C=O) groups excluding carboxylic acids is 4. The summed E-state index contributed by atoms with van der Waals surface area (Å²) in [7, 11) is 5.58. The quantitative estimate of drug-likeness (QED) is 0.214. The van der Waals surface area contributed by atoms with Crippen LogP contribution in [0.15, 0.2) is 48.5 Å². The maximum Gasteiger partial charge on any atom is 0.307 e. The first kappa shape index (κ1) is 40.0. The van der Waals surface area contributed by atoms with Crippen molar-refractivity contribution in [1.82, 2.24) is 0 Å². The third kappa shape index (κ3) is 10.8. The van der Waals surface area contributed by atoms with Crippen molar-refractivity contribution in [2.75, 3.05) is 74.2 Å². The molecule has 1 aliphatic heterocycles. The molecule has 0 aliphatic carbocycles. The van der Waals surface area contributed by atoms with Crippen LogP contribution in [-0.2, 0) is 38.1 Å². The summed E-state index contributed by atoms with van der Waals surface area (Å²) in [6.07, 6.45) is 2.15. The van der Waals surface area contributed by atoms with Gasteiger partial charge in [-0.1, -0.05) is 24.3 Å². The molecule has 0 bridgehead atoms. The molecule has 4 unspecified atom stereocenters. The maximum absolute atomic E-state index is 12.5. The van der Waals surface area contributed by atoms with Gasteiger partial charge < -0.3 is 38.5 Å². The zero-order chi connectivity index (χ0) is 36.8. The molecule has 276 valence electrons. The van der Waals surface area contributed by atoms with E-state index in [-0.39, 0.29) is 73.7 Å². The number of hydrogen-bond donors (Lipinski definition) is 0. The zero-order valence-corrected chi connectivity index (χ0v) is 31.1. The normalized spacial score (nSPS) is 19.8. The minimum atomic E-state index is -0.299. The Kier molecular flexibility index (Phi) is 15.7. The molecule has 0 aromatic heterocycles. The van der Waals surface area contributed by atoms with E-state index in [1.165, 1.54) is 28.4 Å². The first-order valence-electron chi connectivity index (χ1n) is 17.5. The van der Waals surface area contributed by atoms with Gasteiger partial charge in [0.2, 0.25) is 0 Å². The first-order valence-corrected chi connectivity index (χ1v) is 17.5. The van der Waals surface area contributed by atoms with Crippen LogP contribution in [0.3, 0.4) is 0 Å². The lowest BCUT2D eigenvalue weighted by Gasteiger charge is -2.44. The van der Waals surface area contributed by atoms with Crippen molar-refractivity contribution in [3.05, 3.63) is 48.5 Å². The Morgan fingerprint density at radius 3 is 0.840 bits per heavy atom. The molecule has 0 saturated heterocycles. The average molecular weight is 697 g/mol. The molecule has 0 spiro atoms. The summed E-state index contributed by atoms with van der Waals surface area (Å²) >= 11 is 0. The Hall–Kier alpha value is -4.48. The summed E-state index contributed by atoms with van der Waals surface area (Å²) in [5.41, 5.74) is 3.78. The number of benzene rings is 2. The van der Waals surface area contributed by atoms with E-state index in [4.69, 9.17) is 18.9 Å². The summed E-state index contributed by atoms with van der Waals surface area (Å²) in [5, 5.41) is 0. The number of esters is 4. The summed E-state index contributed by atoms with van der Waals surface area (Å²) in [6, 6.07) is 16.0. The number of ether oxygens (including phenoxy) is 4. The fourth-order valence-corrected chi connectivity index (χ4v) is 6.96. The van der Waals surface area contributed by atoms with Crippen molar-refractivity contribution in [1.29, 1.82) is 0 Å². The lowest BCUT2D eigenvalue weighted by atomic mass is 10.00. The molecule has 2 aromatic rings. The molecule has 4 atom stereocenters. The molecule has 1 heterocycles. The van der Waals surface area contributed by atoms with E-state index in [9.17, 15) is 19.2 Å². The number of fused-ring (bicyclic) bond motifs is 2. The fourth-order valence-electron chi connectivity index (χ4n) is 6.96. The van der Waals surface area contributed by atoms with Gasteiger partial charge in [-0.05, 0) is 64.8 Å². The molecule has 0 radical (unpaired) electrons. The number of rotatable bonds is 12. The summed E-state index contributed by atoms with van der Waals surface area (Å²) < 4.78 is 20.2. The molecule has 12 nitrogen and oxygen atoms in total. The van der Waals surface area contributed by atoms with Gasteiger partial charge in [-0.15, -0.1) is 0 Å². The van der Waals surface area contributed by atoms with Gasteiger partial charge >= 0.3 is 23.9 Å². The highest BCUT2D eigenvalue weighted by Crippen LogP contribution is 2.38. The second-order valence-electron chi connectivity index (χ2n) is 12.9. The zero-order valence-electron chi connectivity index (χ0n) is 31.1. The molecule has 3 rings (SSSR count). The molecule has 50 heavy (non-hydrogen) atoms. The van der Waals surface area contributed by atoms with Crippen LogP contribution in [0.25, 0.3) is 0 Å². The number of nitrogens with zero attached hydrogens (tertiary/aromatic N) is 4. The van der Waals surface area contributed by atoms with Gasteiger partial charge in [-0.2, -0.15) is 0 Å². The topological polar surface area (TPSA) is 118 Å². The van der Waals surface area contributed by atoms with Gasteiger partial charge in [-0.3, -0.25) is 19.2 Å². The molecule has 2 aromatic carbocycles. The van der Waals surface area contributed by atoms with Crippen LogP contribution in [0.5, 0.6) is 0 Å². The van der Waals surface area contributed by atoms with Gasteiger partial charge in [0, 0.05) is 50.3 Å². The van der Waals surface area contributed by atoms with Crippen molar-refractivity contribution in [2.24, 2.45) is 0 Å². The van der Waals surface area contributed by atoms with Gasteiger partial charge in [-0.25, -0.2) is 0 Å². The fraction of sp³-hybridized carbons (Fsp3) is 0.579. The van der Waals surface area contributed by atoms with Crippen LogP contribution in [0.1, 0.15) is 66.2 Å². The minimum Gasteiger partial charge on any atom is -0.469 e. The number of anilines is 4. The summed E-state index contributed by atoms with van der Waals surface area (Å²) in [4.78, 5) is 58.9. The third-order valence-corrected chi connectivity index (χ3v) is 9.63. The van der Waals surface area contributed by atoms with Crippen LogP contribution < -0.4 is 19.6 Å². The highest BCUT2D eigenvalue weighted by atomic mass is 16.5. The van der Waals surface area contributed by atoms with Crippen LogP contribution in [0.4, 0.5) is 22.7 Å². The molecule has 12 heteroatoms. The van der Waals surface area contributed by atoms with Crippen LogP contribution >= 0.6 is 0 Å². The molecule has 0 saturated carbocycles. The molecule has 0 N–H and O–H groups in total. The Bertz CT molecular complexity index is 1210. The van der Waals surface area contributed by atoms with Gasteiger partial charge in [0.1, 0.15) is 0 Å². The minimum absolute atomic E-state index is 0.0568. The molecule has 0 amide bonds. The molecular weight excluding hydrogens is 640 g/mol. The Labute approximate surface area is 297 Å². The lowest BCUT2D eigenvalue weighted by Crippen LogP contribution is -2.47. The highest BCUT2D eigenvalue weighted by molar-refractivity contribution is 5.77. The largest absolute Gasteiger partial charge is 0.469 e. The number of para-hydroxylation sites is 4. The lowest BCUT2D eigenvalue weighted by molar-refractivity contribution is -0.141. The number of methoxy groups -OCH3 is 4. The molecular formula is C38H56N4O8. The van der Waals surface area contributed by atoms with E-state index >= 15 is 0 Å². The van der Waals surface area contributed by atoms with Crippen molar-refractivity contribution in [3.63, 3.8) is 0 Å². The maximum atomic E-state index is 12.5. The Morgan fingerprint density at radius 1 is 0.460 bits per heavy atom. The summed E-state index contributed by atoms with van der Waals surface area (Å²) in [5.74, 6) is -1.19. The summed E-state index contributed by atoms with van der Waals surface area (Å²) in [6.45, 7) is 10.3. The van der Waals surface area contributed by atoms with Crippen molar-refractivity contribution >= 4 is 46.6 Å². The van der Waals surface area contributed by atoms with Crippen LogP contribution in [0.2, 0.25) is 0 Å². The SMILES string of the molecule is COC(=O)CCN1c2ccccc2N(CCC(=O)OC)C(C)CC(C)N(CCC(=O)OC)c2ccccc2N(CCC(=O)OC)C(C)CC1C. The van der Waals surface area contributed by atoms with Crippen molar-refractivity contribution < 1.29 is 38.1 Å². The van der Waals surface area contributed by atoms with Gasteiger partial charge in [0.05, 0.1) is 76.9 Å². The van der Waals surface area contributed by atoms with E-state index in [1.807, 2.05) is 24.3 Å². The highest BCUT2D eigenvalue weighted by Gasteiger charge is 2.31. The van der Waals surface area contributed by atoms with E-state index in [0.29, 0.717) is 39.0 Å². The number of carbonyl (C=O) groups is 4. The second kappa shape index (κ2) is 19.6. The first-order chi connectivity index (χ1) is 23.9. The third-order valence-electron chi connectivity index (χ3n) is 9.63. The van der Waals surface area contributed by atoms with E-state index in [1.54, 1.807) is 0 Å². The Morgan fingerprint density at radius 2 is 0.660 bits per heavy atom. The van der Waals surface area contributed by atoms with E-state index in [2.05, 4.69) is 71.6 Å². The Balaban J connectivity index is 2.26. The van der Waals surface area contributed by atoms with Crippen LogP contribution in [0, 0.1) is 0 Å². The smallest absolute Gasteiger partial charge is 0.307 e. The average Bonchev–Trinajstić information content (AvgIpc) is 3.11. The van der Waals surface area contributed by atoms with E-state index in [0.717, 1.165) is 22.7 Å². The molecule has 0 fully saturated rings. The van der Waals surface area contributed by atoms with Crippen LogP contribution in [-0.4, -0.2) is 103 Å². The van der Waals surface area contributed by atoms with Crippen molar-refractivity contribution in [3.8, 4) is 0 Å². The standard InChI is InChI=1S/C38H56N4O8/c1-27-25-28(2)40(22-18-36(44)48-6)33-15-11-12-16-34(33)42(24-20-38(46)50-8)30(4)26-29(3)41(23-19-37(45)49-7)32-14-10-9-13-31(32)39(27)21-17-35(43)47-5/h9-16,27-30H,17-26H2,1-8H3. The predicted molar refractivity (Wildman–Crippen MR) is 196 cm³/mol. The second-order valence-corrected chi connectivity index (χ2v) is 12.9. The van der Waals surface area contributed by atoms with E-state index < -0.39 is 0 Å². The number of hydrogen-bond acceptors (Lipinski definition) is 12. The monoisotopic (exact) mass is 696 g/mol. The molecule has 1 aliphatic rings. The predicted octanol–water partition coefficient (Wildman–Crippen LogP) is 5.21. The van der Waals surface area contributed by atoms with Crippen molar-refractivity contribution in [2.45, 2.75) is 90.4 Å².